The Morgan fingerprint density at radius 2 is 1.11 bits per heavy atom. The number of nitrogens with one attached hydrogen (secondary N) is 1. The SMILES string of the molecule is CCOc1cccc(N=C([O-])c2cc3ccccc3c(N=Nc3ccc(Cl)c(C)c3S(=O)(=O)O)c2[O-])c1.CCOc1cccc(NC(=O)c2cc3ccccc3c(N=Nc3ccc(Cl)c(C)c3S(=O)(=O)O)c2O)c1.[Ba+2]. The van der Waals surface area contributed by atoms with E-state index >= 15 is 0 Å². The summed E-state index contributed by atoms with van der Waals surface area (Å²) in [5.74, 6) is -1.49. The smallest absolute Gasteiger partial charge is 0.871 e. The molecule has 1 amide bonds. The van der Waals surface area contributed by atoms with Gasteiger partial charge in [0.1, 0.15) is 38.4 Å². The Kier molecular flexibility index (Phi) is 19.3. The molecule has 23 heteroatoms. The second kappa shape index (κ2) is 25.0. The molecule has 0 aliphatic carbocycles. The summed E-state index contributed by atoms with van der Waals surface area (Å²) in [5.41, 5.74) is -0.0241. The van der Waals surface area contributed by atoms with Crippen LogP contribution in [0.25, 0.3) is 21.5 Å². The topological polar surface area (TPSA) is 284 Å². The minimum atomic E-state index is -4.70. The zero-order valence-corrected chi connectivity index (χ0v) is 47.7. The number of halogens is 2. The molecule has 0 aliphatic heterocycles. The Labute approximate surface area is 481 Å². The number of aliphatic imine (C=N–C) groups is 1. The molecule has 8 aromatic rings. The number of amides is 1. The van der Waals surface area contributed by atoms with Crippen LogP contribution in [-0.2, 0) is 20.2 Å². The number of hydrogen-bond acceptors (Lipinski definition) is 15. The second-order valence-electron chi connectivity index (χ2n) is 15.8. The minimum Gasteiger partial charge on any atom is -0.871 e. The molecule has 0 heterocycles. The maximum absolute atomic E-state index is 13.4. The molecule has 0 unspecified atom stereocenters. The number of carbonyl (C=O) groups is 1. The molecule has 0 saturated carbocycles. The number of phenolic OH excluding ortho intramolecular Hbond substituents is 1. The van der Waals surface area contributed by atoms with Crippen molar-refractivity contribution in [3.05, 3.63) is 166 Å². The van der Waals surface area contributed by atoms with Crippen molar-refractivity contribution in [1.82, 2.24) is 0 Å². The molecule has 0 fully saturated rings. The first-order valence-corrected chi connectivity index (χ1v) is 25.7. The summed E-state index contributed by atoms with van der Waals surface area (Å²) in [6.07, 6.45) is 0. The first-order valence-electron chi connectivity index (χ1n) is 22.1. The van der Waals surface area contributed by atoms with Gasteiger partial charge in [0.15, 0.2) is 5.75 Å². The van der Waals surface area contributed by atoms with Crippen LogP contribution in [0.3, 0.4) is 0 Å². The number of aromatic hydroxyl groups is 1. The molecule has 0 aliphatic rings. The summed E-state index contributed by atoms with van der Waals surface area (Å²) >= 11 is 12.0. The van der Waals surface area contributed by atoms with E-state index in [1.807, 2.05) is 13.8 Å². The van der Waals surface area contributed by atoms with Crippen molar-refractivity contribution in [1.29, 1.82) is 0 Å². The number of benzene rings is 8. The van der Waals surface area contributed by atoms with Gasteiger partial charge in [0.2, 0.25) is 0 Å². The van der Waals surface area contributed by atoms with Gasteiger partial charge in [-0.2, -0.15) is 21.9 Å². The fourth-order valence-electron chi connectivity index (χ4n) is 7.50. The number of rotatable bonds is 14. The van der Waals surface area contributed by atoms with Gasteiger partial charge >= 0.3 is 48.9 Å². The molecule has 4 N–H and O–H groups in total. The normalized spacial score (nSPS) is 11.9. The molecule has 0 saturated heterocycles. The monoisotopic (exact) mass is 1210 g/mol. The third-order valence-corrected chi connectivity index (χ3v) is 13.8. The number of hydrogen-bond donors (Lipinski definition) is 4. The third-order valence-electron chi connectivity index (χ3n) is 10.9. The number of nitrogens with zero attached hydrogens (tertiary/aromatic N) is 5. The Morgan fingerprint density at radius 1 is 0.627 bits per heavy atom. The van der Waals surface area contributed by atoms with E-state index in [0.29, 0.717) is 57.6 Å². The van der Waals surface area contributed by atoms with Crippen LogP contribution in [0.4, 0.5) is 34.1 Å². The van der Waals surface area contributed by atoms with Crippen LogP contribution in [0.1, 0.15) is 40.9 Å². The Morgan fingerprint density at radius 3 is 1.64 bits per heavy atom. The van der Waals surface area contributed by atoms with E-state index in [1.165, 1.54) is 50.2 Å². The fourth-order valence-corrected chi connectivity index (χ4v) is 9.67. The zero-order valence-electron chi connectivity index (χ0n) is 40.1. The van der Waals surface area contributed by atoms with Crippen LogP contribution in [0.2, 0.25) is 10.0 Å². The van der Waals surface area contributed by atoms with Crippen molar-refractivity contribution in [2.24, 2.45) is 25.4 Å². The van der Waals surface area contributed by atoms with Crippen LogP contribution in [0, 0.1) is 13.8 Å². The van der Waals surface area contributed by atoms with Crippen LogP contribution >= 0.6 is 23.2 Å². The van der Waals surface area contributed by atoms with E-state index in [4.69, 9.17) is 32.7 Å². The summed E-state index contributed by atoms with van der Waals surface area (Å²) in [7, 11) is -9.39. The molecule has 380 valence electrons. The van der Waals surface area contributed by atoms with Gasteiger partial charge in [-0.25, -0.2) is 0 Å². The van der Waals surface area contributed by atoms with Crippen LogP contribution in [-0.4, -0.2) is 105 Å². The van der Waals surface area contributed by atoms with Gasteiger partial charge in [-0.05, 0) is 122 Å². The van der Waals surface area contributed by atoms with Crippen molar-refractivity contribution in [2.75, 3.05) is 18.5 Å². The van der Waals surface area contributed by atoms with Gasteiger partial charge in [0.25, 0.3) is 26.1 Å². The van der Waals surface area contributed by atoms with Gasteiger partial charge in [-0.3, -0.25) is 18.9 Å². The maximum Gasteiger partial charge on any atom is 2.00 e. The Hall–Kier alpha value is -6.41. The van der Waals surface area contributed by atoms with Crippen LogP contribution in [0.5, 0.6) is 23.0 Å². The van der Waals surface area contributed by atoms with Crippen LogP contribution in [0.15, 0.2) is 169 Å². The van der Waals surface area contributed by atoms with Crippen molar-refractivity contribution in [3.8, 4) is 23.0 Å². The molecule has 0 atom stereocenters. The summed E-state index contributed by atoms with van der Waals surface area (Å²) in [6.45, 7) is 7.40. The molecule has 0 spiro atoms. The van der Waals surface area contributed by atoms with Crippen molar-refractivity contribution in [2.45, 2.75) is 37.5 Å². The van der Waals surface area contributed by atoms with Gasteiger partial charge in [0, 0.05) is 38.6 Å². The summed E-state index contributed by atoms with van der Waals surface area (Å²) in [4.78, 5) is 16.1. The predicted octanol–water partition coefficient (Wildman–Crippen LogP) is 11.8. The Bertz CT molecular complexity index is 3830. The van der Waals surface area contributed by atoms with Gasteiger partial charge in [-0.1, -0.05) is 89.6 Å². The molecule has 75 heavy (non-hydrogen) atoms. The minimum absolute atomic E-state index is 0. The van der Waals surface area contributed by atoms with Gasteiger partial charge in [-0.15, -0.1) is 15.3 Å². The summed E-state index contributed by atoms with van der Waals surface area (Å²) in [6, 6.07) is 35.3. The van der Waals surface area contributed by atoms with Crippen LogP contribution < -0.4 is 25.0 Å². The molecule has 8 rings (SSSR count). The van der Waals surface area contributed by atoms with E-state index in [-0.39, 0.29) is 104 Å². The summed E-state index contributed by atoms with van der Waals surface area (Å²) < 4.78 is 78.2. The van der Waals surface area contributed by atoms with E-state index in [2.05, 4.69) is 30.8 Å². The Balaban J connectivity index is 0.000000241. The fraction of sp³-hybridized carbons (Fsp3) is 0.115. The first-order chi connectivity index (χ1) is 35.2. The largest absolute Gasteiger partial charge is 2.00 e. The number of anilines is 1. The van der Waals surface area contributed by atoms with Crippen molar-refractivity contribution >= 4 is 160 Å². The standard InChI is InChI=1S/2C26H22ClN3O6S.Ba/c2*1-3-36-18-9-6-8-17(14-18)28-26(32)20-13-16-7-4-5-10-19(16)23(24(20)31)30-29-22-12-11-21(27)15(2)25(22)37(33,34)35;/h2*4-14,31H,3H2,1-2H3,(H,28,32)(H,33,34,35);/q;;+2/p-2. The average molecular weight is 1220 g/mol. The van der Waals surface area contributed by atoms with Crippen molar-refractivity contribution < 1.29 is 55.5 Å². The molecule has 0 radical (unpaired) electrons. The number of fused-ring (bicyclic) bond motifs is 2. The maximum atomic E-state index is 13.4. The molecule has 0 aromatic heterocycles. The van der Waals surface area contributed by atoms with Gasteiger partial charge in [0.05, 0.1) is 30.2 Å². The molecular formula is C52H42BaCl2N6O12S2. The van der Waals surface area contributed by atoms with E-state index in [9.17, 15) is 46.1 Å². The average Bonchev–Trinajstić information content (AvgIpc) is 3.35. The third kappa shape index (κ3) is 13.7. The second-order valence-corrected chi connectivity index (χ2v) is 19.4. The van der Waals surface area contributed by atoms with E-state index in [0.717, 1.165) is 0 Å². The number of phenols is 1. The molecular weight excluding hydrogens is 1170 g/mol. The molecule has 18 nitrogen and oxygen atoms in total. The zero-order chi connectivity index (χ0) is 53.5. The number of ether oxygens (including phenoxy) is 2. The molecule has 8 aromatic carbocycles. The quantitative estimate of drug-likeness (QED) is 0.0260. The van der Waals surface area contributed by atoms with E-state index in [1.54, 1.807) is 97.1 Å². The number of azo groups is 2. The summed E-state index contributed by atoms with van der Waals surface area (Å²) in [5, 5.41) is 58.4. The number of carbonyl (C=O) groups excluding carboxylic acids is 1. The van der Waals surface area contributed by atoms with Crippen molar-refractivity contribution in [3.63, 3.8) is 0 Å². The first kappa shape index (κ1) is 57.9. The van der Waals surface area contributed by atoms with E-state index < -0.39 is 53.3 Å². The van der Waals surface area contributed by atoms with Gasteiger partial charge < -0.3 is 30.1 Å². The predicted molar refractivity (Wildman–Crippen MR) is 284 cm³/mol. The molecule has 0 bridgehead atoms.